The lowest BCUT2D eigenvalue weighted by Gasteiger charge is -2.11. The van der Waals surface area contributed by atoms with Crippen molar-refractivity contribution >= 4 is 27.4 Å². The van der Waals surface area contributed by atoms with Crippen LogP contribution in [0.15, 0.2) is 41.1 Å². The first-order valence-electron chi connectivity index (χ1n) is 7.65. The molecule has 1 aromatic carbocycles. The number of aromatic nitrogens is 2. The van der Waals surface area contributed by atoms with Gasteiger partial charge in [-0.3, -0.25) is 9.78 Å². The van der Waals surface area contributed by atoms with Gasteiger partial charge in [0.05, 0.1) is 31.6 Å². The Balaban J connectivity index is 1.83. The summed E-state index contributed by atoms with van der Waals surface area (Å²) >= 11 is 3.47. The average Bonchev–Trinajstić information content (AvgIpc) is 2.95. The van der Waals surface area contributed by atoms with E-state index < -0.39 is 0 Å². The van der Waals surface area contributed by atoms with E-state index in [1.165, 1.54) is 0 Å². The van der Waals surface area contributed by atoms with Crippen LogP contribution >= 0.6 is 15.9 Å². The summed E-state index contributed by atoms with van der Waals surface area (Å²) < 4.78 is 13.2. The fraction of sp³-hybridized carbons (Fsp3) is 0.222. The highest BCUT2D eigenvalue weighted by Gasteiger charge is 2.15. The Morgan fingerprint density at radius 1 is 1.28 bits per heavy atom. The molecule has 1 amide bonds. The van der Waals surface area contributed by atoms with E-state index in [-0.39, 0.29) is 5.91 Å². The molecule has 0 unspecified atom stereocenters. The smallest absolute Gasteiger partial charge is 0.268 e. The van der Waals surface area contributed by atoms with Crippen LogP contribution in [0.3, 0.4) is 0 Å². The lowest BCUT2D eigenvalue weighted by molar-refractivity contribution is 0.0945. The standard InChI is InChI=1S/C18H18BrN3O3/c1-11-10-22-15(7-14(19)16(22)9-20-11)18(23)21-8-12-4-5-13(24-2)6-17(12)25-3/h4-7,9-10H,8H2,1-3H3,(H,21,23). The summed E-state index contributed by atoms with van der Waals surface area (Å²) in [5.41, 5.74) is 3.09. The quantitative estimate of drug-likeness (QED) is 0.709. The van der Waals surface area contributed by atoms with Gasteiger partial charge in [0, 0.05) is 28.8 Å². The molecule has 0 radical (unpaired) electrons. The van der Waals surface area contributed by atoms with Crippen LogP contribution in [0.1, 0.15) is 21.7 Å². The number of carbonyl (C=O) groups excluding carboxylic acids is 1. The zero-order valence-corrected chi connectivity index (χ0v) is 15.8. The van der Waals surface area contributed by atoms with Gasteiger partial charge in [-0.2, -0.15) is 0 Å². The third-order valence-electron chi connectivity index (χ3n) is 3.90. The van der Waals surface area contributed by atoms with E-state index >= 15 is 0 Å². The molecule has 0 aliphatic rings. The third kappa shape index (κ3) is 3.46. The predicted octanol–water partition coefficient (Wildman–Crippen LogP) is 3.35. The number of halogens is 1. The molecular formula is C18H18BrN3O3. The van der Waals surface area contributed by atoms with E-state index in [0.717, 1.165) is 21.2 Å². The minimum Gasteiger partial charge on any atom is -0.497 e. The molecule has 130 valence electrons. The summed E-state index contributed by atoms with van der Waals surface area (Å²) in [5, 5.41) is 2.93. The molecule has 25 heavy (non-hydrogen) atoms. The minimum atomic E-state index is -0.177. The number of methoxy groups -OCH3 is 2. The van der Waals surface area contributed by atoms with Crippen molar-refractivity contribution in [2.24, 2.45) is 0 Å². The van der Waals surface area contributed by atoms with Gasteiger partial charge in [-0.25, -0.2) is 0 Å². The van der Waals surface area contributed by atoms with Crippen LogP contribution in [0.25, 0.3) is 5.52 Å². The highest BCUT2D eigenvalue weighted by atomic mass is 79.9. The van der Waals surface area contributed by atoms with E-state index in [0.29, 0.717) is 23.7 Å². The van der Waals surface area contributed by atoms with Crippen LogP contribution < -0.4 is 14.8 Å². The molecule has 0 aliphatic heterocycles. The van der Waals surface area contributed by atoms with Crippen LogP contribution in [0.2, 0.25) is 0 Å². The fourth-order valence-corrected chi connectivity index (χ4v) is 3.10. The molecule has 7 heteroatoms. The van der Waals surface area contributed by atoms with E-state index in [1.54, 1.807) is 32.5 Å². The molecule has 0 aliphatic carbocycles. The Labute approximate surface area is 153 Å². The van der Waals surface area contributed by atoms with Crippen molar-refractivity contribution in [2.45, 2.75) is 13.5 Å². The Morgan fingerprint density at radius 3 is 2.80 bits per heavy atom. The van der Waals surface area contributed by atoms with Crippen LogP contribution in [0, 0.1) is 6.92 Å². The van der Waals surface area contributed by atoms with Crippen LogP contribution in [-0.2, 0) is 6.54 Å². The topological polar surface area (TPSA) is 64.9 Å². The normalized spacial score (nSPS) is 10.7. The molecule has 1 N–H and O–H groups in total. The molecule has 6 nitrogen and oxygen atoms in total. The number of benzene rings is 1. The second-order valence-electron chi connectivity index (χ2n) is 5.52. The summed E-state index contributed by atoms with van der Waals surface area (Å²) in [6.45, 7) is 2.23. The maximum absolute atomic E-state index is 12.6. The van der Waals surface area contributed by atoms with Crippen molar-refractivity contribution in [3.63, 3.8) is 0 Å². The summed E-state index contributed by atoms with van der Waals surface area (Å²) in [4.78, 5) is 16.9. The van der Waals surface area contributed by atoms with Crippen molar-refractivity contribution in [3.05, 3.63) is 58.1 Å². The molecule has 0 saturated heterocycles. The van der Waals surface area contributed by atoms with E-state index in [1.807, 2.05) is 29.7 Å². The molecule has 3 rings (SSSR count). The first-order valence-corrected chi connectivity index (χ1v) is 8.45. The van der Waals surface area contributed by atoms with Gasteiger partial charge >= 0.3 is 0 Å². The Bertz CT molecular complexity index is 937. The van der Waals surface area contributed by atoms with Gasteiger partial charge in [-0.15, -0.1) is 0 Å². The van der Waals surface area contributed by atoms with Gasteiger partial charge in [-0.1, -0.05) is 0 Å². The number of rotatable bonds is 5. The lowest BCUT2D eigenvalue weighted by atomic mass is 10.2. The highest BCUT2D eigenvalue weighted by Crippen LogP contribution is 2.25. The van der Waals surface area contributed by atoms with Gasteiger partial charge in [0.1, 0.15) is 17.2 Å². The number of hydrogen-bond donors (Lipinski definition) is 1. The van der Waals surface area contributed by atoms with Crippen LogP contribution in [0.5, 0.6) is 11.5 Å². The number of ether oxygens (including phenoxy) is 2. The van der Waals surface area contributed by atoms with Crippen LogP contribution in [0.4, 0.5) is 0 Å². The molecular weight excluding hydrogens is 386 g/mol. The molecule has 2 aromatic heterocycles. The molecule has 0 fully saturated rings. The number of aryl methyl sites for hydroxylation is 1. The first kappa shape index (κ1) is 17.3. The highest BCUT2D eigenvalue weighted by molar-refractivity contribution is 9.10. The SMILES string of the molecule is COc1ccc(CNC(=O)c2cc(Br)c3cnc(C)cn23)c(OC)c1. The number of hydrogen-bond acceptors (Lipinski definition) is 4. The van der Waals surface area contributed by atoms with Crippen molar-refractivity contribution in [3.8, 4) is 11.5 Å². The zero-order valence-electron chi connectivity index (χ0n) is 14.2. The largest absolute Gasteiger partial charge is 0.497 e. The lowest BCUT2D eigenvalue weighted by Crippen LogP contribution is -2.24. The molecule has 0 saturated carbocycles. The summed E-state index contributed by atoms with van der Waals surface area (Å²) in [6, 6.07) is 7.29. The minimum absolute atomic E-state index is 0.177. The molecule has 0 spiro atoms. The average molecular weight is 404 g/mol. The Kier molecular flexibility index (Phi) is 4.94. The molecule has 0 atom stereocenters. The summed E-state index contributed by atoms with van der Waals surface area (Å²) in [6.07, 6.45) is 3.58. The van der Waals surface area contributed by atoms with Crippen LogP contribution in [-0.4, -0.2) is 29.5 Å². The van der Waals surface area contributed by atoms with Gasteiger partial charge in [0.15, 0.2) is 0 Å². The monoisotopic (exact) mass is 403 g/mol. The van der Waals surface area contributed by atoms with Crippen molar-refractivity contribution in [1.29, 1.82) is 0 Å². The number of fused-ring (bicyclic) bond motifs is 1. The Morgan fingerprint density at radius 2 is 2.08 bits per heavy atom. The summed E-state index contributed by atoms with van der Waals surface area (Å²) in [7, 11) is 3.19. The maximum atomic E-state index is 12.6. The second kappa shape index (κ2) is 7.14. The molecule has 0 bridgehead atoms. The van der Waals surface area contributed by atoms with Gasteiger partial charge in [0.2, 0.25) is 0 Å². The van der Waals surface area contributed by atoms with Crippen molar-refractivity contribution in [1.82, 2.24) is 14.7 Å². The summed E-state index contributed by atoms with van der Waals surface area (Å²) in [5.74, 6) is 1.20. The van der Waals surface area contributed by atoms with E-state index in [4.69, 9.17) is 9.47 Å². The van der Waals surface area contributed by atoms with Gasteiger partial charge in [-0.05, 0) is 41.1 Å². The first-order chi connectivity index (χ1) is 12.0. The molecule has 2 heterocycles. The Hall–Kier alpha value is -2.54. The van der Waals surface area contributed by atoms with Gasteiger partial charge in [0.25, 0.3) is 5.91 Å². The maximum Gasteiger partial charge on any atom is 0.268 e. The fourth-order valence-electron chi connectivity index (χ4n) is 2.59. The number of carbonyl (C=O) groups is 1. The van der Waals surface area contributed by atoms with E-state index in [2.05, 4.69) is 26.2 Å². The van der Waals surface area contributed by atoms with E-state index in [9.17, 15) is 4.79 Å². The number of amides is 1. The molecule has 3 aromatic rings. The number of nitrogens with one attached hydrogen (secondary N) is 1. The second-order valence-corrected chi connectivity index (χ2v) is 6.38. The number of nitrogens with zero attached hydrogens (tertiary/aromatic N) is 2. The third-order valence-corrected chi connectivity index (χ3v) is 4.54. The zero-order chi connectivity index (χ0) is 18.0. The van der Waals surface area contributed by atoms with Crippen molar-refractivity contribution < 1.29 is 14.3 Å². The predicted molar refractivity (Wildman–Crippen MR) is 98.3 cm³/mol. The van der Waals surface area contributed by atoms with Crippen molar-refractivity contribution in [2.75, 3.05) is 14.2 Å². The van der Waals surface area contributed by atoms with Gasteiger partial charge < -0.3 is 19.2 Å².